The van der Waals surface area contributed by atoms with E-state index in [2.05, 4.69) is 20.8 Å². The van der Waals surface area contributed by atoms with Crippen LogP contribution < -0.4 is 10.8 Å². The smallest absolute Gasteiger partial charge is 0.212 e. The number of ether oxygens (including phenoxy) is 1. The van der Waals surface area contributed by atoms with Gasteiger partial charge in [-0.05, 0) is 48.4 Å². The Morgan fingerprint density at radius 3 is 3.07 bits per heavy atom. The van der Waals surface area contributed by atoms with Crippen molar-refractivity contribution in [1.29, 1.82) is 0 Å². The van der Waals surface area contributed by atoms with Crippen molar-refractivity contribution >= 4 is 29.3 Å². The van der Waals surface area contributed by atoms with Crippen molar-refractivity contribution in [3.05, 3.63) is 72.0 Å². The Labute approximate surface area is 157 Å². The van der Waals surface area contributed by atoms with E-state index in [4.69, 9.17) is 4.74 Å². The number of rotatable bonds is 5. The number of aliphatic imine (C=N–C) groups is 1. The summed E-state index contributed by atoms with van der Waals surface area (Å²) in [6, 6.07) is 11.0. The largest absolute Gasteiger partial charge is 0.370 e. The van der Waals surface area contributed by atoms with E-state index in [1.807, 2.05) is 49.4 Å². The molecule has 1 atom stereocenters. The topological polar surface area (TPSA) is 95.8 Å². The van der Waals surface area contributed by atoms with Crippen LogP contribution in [0.3, 0.4) is 0 Å². The number of anilines is 1. The summed E-state index contributed by atoms with van der Waals surface area (Å²) in [4.78, 5) is 19.3. The lowest BCUT2D eigenvalue weighted by atomic mass is 10.0. The molecule has 2 aromatic rings. The zero-order chi connectivity index (χ0) is 19.1. The van der Waals surface area contributed by atoms with Crippen molar-refractivity contribution in [3.63, 3.8) is 0 Å². The lowest BCUT2D eigenvalue weighted by Gasteiger charge is -2.10. The minimum atomic E-state index is 0.0178. The third kappa shape index (κ3) is 4.66. The second kappa shape index (κ2) is 8.88. The SMILES string of the molecule is CC1C=C(c2cccc(N=C(NO)c3cccnc3NC=O)c2)C=CCO1. The van der Waals surface area contributed by atoms with E-state index >= 15 is 0 Å². The minimum absolute atomic E-state index is 0.0178. The van der Waals surface area contributed by atoms with Gasteiger partial charge in [0.1, 0.15) is 5.82 Å². The van der Waals surface area contributed by atoms with Crippen LogP contribution in [0.1, 0.15) is 18.1 Å². The molecule has 2 heterocycles. The highest BCUT2D eigenvalue weighted by Crippen LogP contribution is 2.25. The number of amides is 1. The molecule has 138 valence electrons. The van der Waals surface area contributed by atoms with Gasteiger partial charge in [-0.2, -0.15) is 0 Å². The van der Waals surface area contributed by atoms with Crippen molar-refractivity contribution in [1.82, 2.24) is 10.5 Å². The molecule has 1 amide bonds. The summed E-state index contributed by atoms with van der Waals surface area (Å²) in [5, 5.41) is 12.1. The number of aromatic nitrogens is 1. The molecule has 0 spiro atoms. The number of amidine groups is 1. The zero-order valence-corrected chi connectivity index (χ0v) is 14.8. The van der Waals surface area contributed by atoms with Crippen LogP contribution >= 0.6 is 0 Å². The van der Waals surface area contributed by atoms with Gasteiger partial charge in [0.15, 0.2) is 5.84 Å². The first-order chi connectivity index (χ1) is 13.2. The molecular formula is C20H20N4O3. The van der Waals surface area contributed by atoms with Crippen LogP contribution in [-0.4, -0.2) is 35.1 Å². The number of hydrogen-bond donors (Lipinski definition) is 3. The number of pyridine rings is 1. The number of hydroxylamine groups is 1. The molecular weight excluding hydrogens is 344 g/mol. The van der Waals surface area contributed by atoms with Crippen molar-refractivity contribution in [2.24, 2.45) is 4.99 Å². The maximum atomic E-state index is 10.8. The second-order valence-corrected chi connectivity index (χ2v) is 5.85. The first-order valence-electron chi connectivity index (χ1n) is 8.46. The quantitative estimate of drug-likeness (QED) is 0.328. The maximum Gasteiger partial charge on any atom is 0.212 e. The van der Waals surface area contributed by atoms with Crippen LogP contribution in [0.2, 0.25) is 0 Å². The molecule has 1 aliphatic rings. The van der Waals surface area contributed by atoms with E-state index in [0.29, 0.717) is 30.1 Å². The normalized spacial score (nSPS) is 17.0. The number of nitrogens with zero attached hydrogens (tertiary/aromatic N) is 2. The Hall–Kier alpha value is -3.29. The van der Waals surface area contributed by atoms with Crippen molar-refractivity contribution < 1.29 is 14.7 Å². The summed E-state index contributed by atoms with van der Waals surface area (Å²) in [6.45, 7) is 2.57. The molecule has 0 saturated heterocycles. The van der Waals surface area contributed by atoms with Gasteiger partial charge < -0.3 is 10.1 Å². The third-order valence-corrected chi connectivity index (χ3v) is 3.95. The van der Waals surface area contributed by atoms with E-state index in [0.717, 1.165) is 11.1 Å². The summed E-state index contributed by atoms with van der Waals surface area (Å²) in [5.41, 5.74) is 5.22. The fourth-order valence-electron chi connectivity index (χ4n) is 2.73. The zero-order valence-electron chi connectivity index (χ0n) is 14.8. The molecule has 3 rings (SSSR count). The van der Waals surface area contributed by atoms with Crippen molar-refractivity contribution in [3.8, 4) is 0 Å². The molecule has 0 aliphatic carbocycles. The summed E-state index contributed by atoms with van der Waals surface area (Å²) in [6.07, 6.45) is 8.12. The van der Waals surface area contributed by atoms with E-state index in [9.17, 15) is 10.0 Å². The molecule has 0 saturated carbocycles. The Bertz CT molecular complexity index is 906. The molecule has 7 nitrogen and oxygen atoms in total. The minimum Gasteiger partial charge on any atom is -0.370 e. The standard InChI is InChI=1S/C20H20N4O3/c1-14-11-15(6-4-10-27-14)16-5-2-7-17(12-16)23-20(24-26)18-8-3-9-21-19(18)22-13-25/h2-9,11-14,26H,10H2,1H3,(H,23,24)(H,21,22,25). The lowest BCUT2D eigenvalue weighted by molar-refractivity contribution is -0.105. The predicted molar refractivity (Wildman–Crippen MR) is 104 cm³/mol. The van der Waals surface area contributed by atoms with E-state index in [1.165, 1.54) is 0 Å². The second-order valence-electron chi connectivity index (χ2n) is 5.85. The molecule has 1 aromatic heterocycles. The molecule has 0 fully saturated rings. The number of nitrogens with one attached hydrogen (secondary N) is 2. The number of benzene rings is 1. The summed E-state index contributed by atoms with van der Waals surface area (Å²) in [5.74, 6) is 0.469. The molecule has 7 heteroatoms. The van der Waals surface area contributed by atoms with Crippen LogP contribution in [0.15, 0.2) is 65.8 Å². The van der Waals surface area contributed by atoms with Crippen LogP contribution in [0.4, 0.5) is 11.5 Å². The van der Waals surface area contributed by atoms with E-state index in [-0.39, 0.29) is 11.9 Å². The molecule has 27 heavy (non-hydrogen) atoms. The van der Waals surface area contributed by atoms with Crippen LogP contribution in [0, 0.1) is 0 Å². The van der Waals surface area contributed by atoms with Gasteiger partial charge in [-0.25, -0.2) is 9.98 Å². The molecule has 1 unspecified atom stereocenters. The monoisotopic (exact) mass is 364 g/mol. The molecule has 3 N–H and O–H groups in total. The van der Waals surface area contributed by atoms with Crippen molar-refractivity contribution in [2.45, 2.75) is 13.0 Å². The van der Waals surface area contributed by atoms with Crippen LogP contribution in [0.25, 0.3) is 5.57 Å². The van der Waals surface area contributed by atoms with E-state index < -0.39 is 0 Å². The molecule has 0 radical (unpaired) electrons. The summed E-state index contributed by atoms with van der Waals surface area (Å²) in [7, 11) is 0. The van der Waals surface area contributed by atoms with Gasteiger partial charge in [-0.1, -0.05) is 24.3 Å². The molecule has 1 aliphatic heterocycles. The van der Waals surface area contributed by atoms with Gasteiger partial charge >= 0.3 is 0 Å². The average Bonchev–Trinajstić information content (AvgIpc) is 2.92. The van der Waals surface area contributed by atoms with Gasteiger partial charge in [-0.15, -0.1) is 0 Å². The highest BCUT2D eigenvalue weighted by Gasteiger charge is 2.11. The van der Waals surface area contributed by atoms with E-state index in [1.54, 1.807) is 18.3 Å². The lowest BCUT2D eigenvalue weighted by Crippen LogP contribution is -2.22. The van der Waals surface area contributed by atoms with Gasteiger partial charge in [0, 0.05) is 6.20 Å². The Morgan fingerprint density at radius 2 is 2.26 bits per heavy atom. The Morgan fingerprint density at radius 1 is 1.37 bits per heavy atom. The Balaban J connectivity index is 1.98. The van der Waals surface area contributed by atoms with Crippen LogP contribution in [0.5, 0.6) is 0 Å². The number of carbonyl (C=O) groups is 1. The van der Waals surface area contributed by atoms with Crippen LogP contribution in [-0.2, 0) is 9.53 Å². The summed E-state index contributed by atoms with van der Waals surface area (Å²) < 4.78 is 5.58. The van der Waals surface area contributed by atoms with Crippen molar-refractivity contribution in [2.75, 3.05) is 11.9 Å². The maximum absolute atomic E-state index is 10.8. The number of allylic oxidation sites excluding steroid dienone is 2. The Kier molecular flexibility index (Phi) is 6.09. The summed E-state index contributed by atoms with van der Waals surface area (Å²) >= 11 is 0. The number of carbonyl (C=O) groups excluding carboxylic acids is 1. The fraction of sp³-hybridized carbons (Fsp3) is 0.150. The van der Waals surface area contributed by atoms with Gasteiger partial charge in [-0.3, -0.25) is 15.5 Å². The fourth-order valence-corrected chi connectivity index (χ4v) is 2.73. The average molecular weight is 364 g/mol. The molecule has 1 aromatic carbocycles. The third-order valence-electron chi connectivity index (χ3n) is 3.95. The molecule has 0 bridgehead atoms. The highest BCUT2D eigenvalue weighted by molar-refractivity contribution is 6.04. The first-order valence-corrected chi connectivity index (χ1v) is 8.46. The predicted octanol–water partition coefficient (Wildman–Crippen LogP) is 3.07. The first kappa shape index (κ1) is 18.5. The number of hydrogen-bond acceptors (Lipinski definition) is 5. The van der Waals surface area contributed by atoms with Gasteiger partial charge in [0.05, 0.1) is 24.0 Å². The van der Waals surface area contributed by atoms with Gasteiger partial charge in [0.25, 0.3) is 0 Å². The van der Waals surface area contributed by atoms with Gasteiger partial charge in [0.2, 0.25) is 6.41 Å². The highest BCUT2D eigenvalue weighted by atomic mass is 16.5.